The van der Waals surface area contributed by atoms with E-state index in [0.717, 1.165) is 19.3 Å². The Hall–Kier alpha value is -3.81. The average Bonchev–Trinajstić information content (AvgIpc) is 3.38. The van der Waals surface area contributed by atoms with E-state index in [0.29, 0.717) is 23.0 Å². The zero-order valence-corrected chi connectivity index (χ0v) is 16.0. The predicted octanol–water partition coefficient (Wildman–Crippen LogP) is 3.78. The first-order chi connectivity index (χ1) is 14.7. The predicted molar refractivity (Wildman–Crippen MR) is 112 cm³/mol. The van der Waals surface area contributed by atoms with Crippen LogP contribution >= 0.6 is 0 Å². The van der Waals surface area contributed by atoms with E-state index in [1.54, 1.807) is 16.9 Å². The third kappa shape index (κ3) is 2.80. The Morgan fingerprint density at radius 3 is 3.00 bits per heavy atom. The average molecular weight is 399 g/mol. The second-order valence-electron chi connectivity index (χ2n) is 7.58. The third-order valence-electron chi connectivity index (χ3n) is 5.65. The van der Waals surface area contributed by atoms with Crippen molar-refractivity contribution < 1.29 is 4.39 Å². The van der Waals surface area contributed by atoms with Crippen LogP contribution in [-0.2, 0) is 12.8 Å². The number of hydrogen-bond acceptors (Lipinski definition) is 5. The fraction of sp³-hybridized carbons (Fsp3) is 0.182. The van der Waals surface area contributed by atoms with Crippen LogP contribution in [0.5, 0.6) is 0 Å². The summed E-state index contributed by atoms with van der Waals surface area (Å²) < 4.78 is 15.3. The number of benzene rings is 1. The van der Waals surface area contributed by atoms with Crippen LogP contribution in [0.25, 0.3) is 27.9 Å². The lowest BCUT2D eigenvalue weighted by molar-refractivity contribution is 0.599. The van der Waals surface area contributed by atoms with Gasteiger partial charge in [0.05, 0.1) is 12.4 Å². The highest BCUT2D eigenvalue weighted by molar-refractivity contribution is 5.85. The van der Waals surface area contributed by atoms with Crippen LogP contribution in [0, 0.1) is 5.82 Å². The van der Waals surface area contributed by atoms with Crippen LogP contribution in [-0.4, -0.2) is 35.6 Å². The van der Waals surface area contributed by atoms with Gasteiger partial charge in [0, 0.05) is 40.5 Å². The Morgan fingerprint density at radius 1 is 1.13 bits per heavy atom. The molecule has 6 rings (SSSR count). The molecule has 0 saturated carbocycles. The Bertz CT molecular complexity index is 1390. The molecule has 0 saturated heterocycles. The number of pyridine rings is 1. The Labute approximate surface area is 171 Å². The second kappa shape index (κ2) is 6.62. The molecule has 8 heteroatoms. The lowest BCUT2D eigenvalue weighted by Gasteiger charge is -2.24. The highest BCUT2D eigenvalue weighted by Crippen LogP contribution is 2.30. The number of nitrogens with one attached hydrogen (secondary N) is 2. The lowest BCUT2D eigenvalue weighted by Crippen LogP contribution is -2.29. The maximum absolute atomic E-state index is 13.7. The number of fused-ring (bicyclic) bond motifs is 4. The van der Waals surface area contributed by atoms with E-state index in [1.165, 1.54) is 34.4 Å². The van der Waals surface area contributed by atoms with Gasteiger partial charge in [0.25, 0.3) is 0 Å². The molecule has 0 radical (unpaired) electrons. The van der Waals surface area contributed by atoms with Crippen molar-refractivity contribution in [1.29, 1.82) is 0 Å². The summed E-state index contributed by atoms with van der Waals surface area (Å²) in [5.74, 6) is 0.594. The smallest absolute Gasteiger partial charge is 0.228 e. The van der Waals surface area contributed by atoms with Crippen LogP contribution in [0.15, 0.2) is 55.0 Å². The van der Waals surface area contributed by atoms with Crippen LogP contribution in [0.2, 0.25) is 0 Å². The van der Waals surface area contributed by atoms with Gasteiger partial charge in [-0.25, -0.2) is 9.37 Å². The fourth-order valence-electron chi connectivity index (χ4n) is 4.26. The largest absolute Gasteiger partial charge is 0.358 e. The summed E-state index contributed by atoms with van der Waals surface area (Å²) in [4.78, 5) is 16.6. The van der Waals surface area contributed by atoms with Gasteiger partial charge in [0.2, 0.25) is 5.95 Å². The van der Waals surface area contributed by atoms with Gasteiger partial charge >= 0.3 is 0 Å². The molecular formula is C22H18FN7. The van der Waals surface area contributed by atoms with Gasteiger partial charge in [-0.3, -0.25) is 4.98 Å². The van der Waals surface area contributed by atoms with E-state index in [1.807, 2.05) is 6.07 Å². The van der Waals surface area contributed by atoms with Crippen molar-refractivity contribution in [2.45, 2.75) is 25.3 Å². The molecule has 7 nitrogen and oxygen atoms in total. The van der Waals surface area contributed by atoms with E-state index in [-0.39, 0.29) is 6.04 Å². The summed E-state index contributed by atoms with van der Waals surface area (Å²) in [5.41, 5.74) is 5.03. The van der Waals surface area contributed by atoms with Gasteiger partial charge in [-0.2, -0.15) is 14.6 Å². The Kier molecular flexibility index (Phi) is 3.77. The van der Waals surface area contributed by atoms with Gasteiger partial charge in [-0.1, -0.05) is 18.2 Å². The third-order valence-corrected chi connectivity index (χ3v) is 5.65. The normalized spacial score (nSPS) is 16.1. The van der Waals surface area contributed by atoms with E-state index in [4.69, 9.17) is 0 Å². The number of aromatic amines is 1. The van der Waals surface area contributed by atoms with Gasteiger partial charge in [0.15, 0.2) is 11.5 Å². The lowest BCUT2D eigenvalue weighted by atomic mass is 9.91. The van der Waals surface area contributed by atoms with Crippen molar-refractivity contribution in [1.82, 2.24) is 29.5 Å². The van der Waals surface area contributed by atoms with E-state index >= 15 is 0 Å². The second-order valence-corrected chi connectivity index (χ2v) is 7.58. The van der Waals surface area contributed by atoms with Gasteiger partial charge in [0.1, 0.15) is 5.82 Å². The molecule has 1 atom stereocenters. The van der Waals surface area contributed by atoms with Crippen molar-refractivity contribution >= 4 is 22.5 Å². The van der Waals surface area contributed by atoms with Crippen molar-refractivity contribution in [3.05, 3.63) is 72.1 Å². The minimum absolute atomic E-state index is 0.206. The minimum Gasteiger partial charge on any atom is -0.358 e. The van der Waals surface area contributed by atoms with Crippen molar-refractivity contribution in [3.63, 3.8) is 0 Å². The quantitative estimate of drug-likeness (QED) is 0.482. The molecule has 0 fully saturated rings. The number of halogens is 1. The Balaban J connectivity index is 1.37. The number of H-pyrrole nitrogens is 1. The molecule has 4 aromatic heterocycles. The maximum atomic E-state index is 13.7. The molecule has 4 heterocycles. The number of aromatic nitrogens is 6. The summed E-state index contributed by atoms with van der Waals surface area (Å²) in [6.45, 7) is 0. The summed E-state index contributed by atoms with van der Waals surface area (Å²) in [6, 6.07) is 11.8. The van der Waals surface area contributed by atoms with Gasteiger partial charge in [-0.15, -0.1) is 0 Å². The van der Waals surface area contributed by atoms with Crippen LogP contribution in [0.1, 0.15) is 17.7 Å². The molecule has 30 heavy (non-hydrogen) atoms. The van der Waals surface area contributed by atoms with E-state index in [2.05, 4.69) is 54.6 Å². The van der Waals surface area contributed by atoms with Crippen molar-refractivity contribution in [2.24, 2.45) is 0 Å². The topological polar surface area (TPSA) is 83.8 Å². The molecule has 0 aliphatic heterocycles. The first-order valence-electron chi connectivity index (χ1n) is 9.92. The molecule has 0 unspecified atom stereocenters. The van der Waals surface area contributed by atoms with Gasteiger partial charge in [-0.05, 0) is 37.0 Å². The zero-order chi connectivity index (χ0) is 20.1. The molecule has 2 N–H and O–H groups in total. The maximum Gasteiger partial charge on any atom is 0.228 e. The number of aryl methyl sites for hydroxylation is 1. The standard InChI is InChI=1S/C22H18FN7/c23-14-9-13(11-24-12-14)21-28-20-7-8-25-30(20)22(29-21)26-15-5-6-19-17(10-15)16-3-1-2-4-18(16)27-19/h1-4,7-9,11-12,15,27H,5-6,10H2,(H,26,28,29)/t15-/m1/s1. The molecule has 0 amide bonds. The van der Waals surface area contributed by atoms with E-state index in [9.17, 15) is 4.39 Å². The van der Waals surface area contributed by atoms with Crippen LogP contribution < -0.4 is 5.32 Å². The minimum atomic E-state index is -0.418. The van der Waals surface area contributed by atoms with Gasteiger partial charge < -0.3 is 10.3 Å². The van der Waals surface area contributed by atoms with E-state index < -0.39 is 5.82 Å². The fourth-order valence-corrected chi connectivity index (χ4v) is 4.26. The Morgan fingerprint density at radius 2 is 2.07 bits per heavy atom. The number of anilines is 1. The molecule has 148 valence electrons. The molecule has 0 bridgehead atoms. The number of rotatable bonds is 3. The van der Waals surface area contributed by atoms with Crippen molar-refractivity contribution in [2.75, 3.05) is 5.32 Å². The van der Waals surface area contributed by atoms with Crippen LogP contribution in [0.3, 0.4) is 0 Å². The molecule has 1 aliphatic carbocycles. The molecule has 0 spiro atoms. The number of nitrogens with zero attached hydrogens (tertiary/aromatic N) is 5. The first kappa shape index (κ1) is 17.1. The number of hydrogen-bond donors (Lipinski definition) is 2. The first-order valence-corrected chi connectivity index (χ1v) is 9.92. The molecule has 1 aromatic carbocycles. The molecule has 1 aliphatic rings. The molecule has 5 aromatic rings. The molecular weight excluding hydrogens is 381 g/mol. The zero-order valence-electron chi connectivity index (χ0n) is 16.0. The highest BCUT2D eigenvalue weighted by atomic mass is 19.1. The monoisotopic (exact) mass is 399 g/mol. The van der Waals surface area contributed by atoms with Crippen LogP contribution in [0.4, 0.5) is 10.3 Å². The SMILES string of the molecule is Fc1cncc(-c2nc(N[C@@H]3CCc4[nH]c5ccccc5c4C3)n3nccc3n2)c1. The summed E-state index contributed by atoms with van der Waals surface area (Å²) in [6.07, 6.45) is 7.25. The highest BCUT2D eigenvalue weighted by Gasteiger charge is 2.24. The number of para-hydroxylation sites is 1. The summed E-state index contributed by atoms with van der Waals surface area (Å²) >= 11 is 0. The van der Waals surface area contributed by atoms with Crippen molar-refractivity contribution in [3.8, 4) is 11.4 Å². The summed E-state index contributed by atoms with van der Waals surface area (Å²) in [7, 11) is 0. The summed E-state index contributed by atoms with van der Waals surface area (Å²) in [5, 5.41) is 9.18.